The third kappa shape index (κ3) is 3.35. The molecule has 2 atom stereocenters. The van der Waals surface area contributed by atoms with E-state index in [0.29, 0.717) is 32.0 Å². The first-order valence-electron chi connectivity index (χ1n) is 6.15. The summed E-state index contributed by atoms with van der Waals surface area (Å²) in [6.07, 6.45) is 1.55. The zero-order valence-electron chi connectivity index (χ0n) is 10.8. The van der Waals surface area contributed by atoms with Crippen molar-refractivity contribution in [3.8, 4) is 0 Å². The summed E-state index contributed by atoms with van der Waals surface area (Å²) in [5.74, 6) is -0.373. The first-order chi connectivity index (χ1) is 7.89. The van der Waals surface area contributed by atoms with E-state index < -0.39 is 11.4 Å². The number of carboxylic acid groups (broad SMARTS) is 1. The number of urea groups is 1. The van der Waals surface area contributed by atoms with Gasteiger partial charge in [0.2, 0.25) is 0 Å². The van der Waals surface area contributed by atoms with Crippen LogP contribution in [0.2, 0.25) is 0 Å². The van der Waals surface area contributed by atoms with E-state index in [9.17, 15) is 9.59 Å². The lowest BCUT2D eigenvalue weighted by Gasteiger charge is -2.21. The van der Waals surface area contributed by atoms with E-state index in [2.05, 4.69) is 19.2 Å². The smallest absolute Gasteiger partial charge is 0.317 e. The van der Waals surface area contributed by atoms with Gasteiger partial charge in [-0.2, -0.15) is 0 Å². The van der Waals surface area contributed by atoms with Crippen molar-refractivity contribution in [3.05, 3.63) is 0 Å². The third-order valence-corrected chi connectivity index (χ3v) is 3.58. The number of likely N-dealkylation sites (tertiary alicyclic amines) is 1. The van der Waals surface area contributed by atoms with Gasteiger partial charge in [0.25, 0.3) is 0 Å². The molecule has 2 N–H and O–H groups in total. The fourth-order valence-electron chi connectivity index (χ4n) is 1.83. The molecule has 1 rings (SSSR count). The number of hydrogen-bond donors (Lipinski definition) is 2. The van der Waals surface area contributed by atoms with Crippen molar-refractivity contribution in [2.24, 2.45) is 11.3 Å². The van der Waals surface area contributed by atoms with Crippen LogP contribution in [0.15, 0.2) is 0 Å². The molecule has 1 heterocycles. The fourth-order valence-corrected chi connectivity index (χ4v) is 1.83. The molecule has 0 spiro atoms. The topological polar surface area (TPSA) is 69.6 Å². The molecule has 0 bridgehead atoms. The van der Waals surface area contributed by atoms with E-state index >= 15 is 0 Å². The molecule has 5 heteroatoms. The second-order valence-electron chi connectivity index (χ2n) is 5.24. The summed E-state index contributed by atoms with van der Waals surface area (Å²) < 4.78 is 0. The van der Waals surface area contributed by atoms with Crippen LogP contribution in [0.5, 0.6) is 0 Å². The molecule has 0 aromatic carbocycles. The quantitative estimate of drug-likeness (QED) is 0.785. The molecule has 1 saturated heterocycles. The van der Waals surface area contributed by atoms with Crippen molar-refractivity contribution >= 4 is 12.0 Å². The van der Waals surface area contributed by atoms with E-state index in [1.807, 2.05) is 0 Å². The molecule has 2 amide bonds. The van der Waals surface area contributed by atoms with Gasteiger partial charge in [-0.25, -0.2) is 4.79 Å². The highest BCUT2D eigenvalue weighted by Crippen LogP contribution is 2.29. The summed E-state index contributed by atoms with van der Waals surface area (Å²) in [4.78, 5) is 24.4. The molecular weight excluding hydrogens is 220 g/mol. The second-order valence-corrected chi connectivity index (χ2v) is 5.24. The Hall–Kier alpha value is -1.26. The average molecular weight is 242 g/mol. The van der Waals surface area contributed by atoms with Crippen LogP contribution < -0.4 is 5.32 Å². The predicted octanol–water partition coefficient (Wildman–Crippen LogP) is 1.54. The maximum absolute atomic E-state index is 11.8. The Labute approximate surface area is 102 Å². The Balaban J connectivity index is 2.43. The molecule has 0 saturated carbocycles. The van der Waals surface area contributed by atoms with Gasteiger partial charge >= 0.3 is 12.0 Å². The number of amides is 2. The lowest BCUT2D eigenvalue weighted by atomic mass is 9.90. The van der Waals surface area contributed by atoms with Crippen LogP contribution in [-0.2, 0) is 4.79 Å². The average Bonchev–Trinajstić information content (AvgIpc) is 2.69. The number of nitrogens with zero attached hydrogens (tertiary/aromatic N) is 1. The Morgan fingerprint density at radius 1 is 1.53 bits per heavy atom. The lowest BCUT2D eigenvalue weighted by Crippen LogP contribution is -2.42. The molecule has 0 aromatic heterocycles. The van der Waals surface area contributed by atoms with E-state index in [4.69, 9.17) is 5.11 Å². The summed E-state index contributed by atoms with van der Waals surface area (Å²) in [5, 5.41) is 11.9. The number of aliphatic carboxylic acids is 1. The molecule has 0 aromatic rings. The zero-order valence-corrected chi connectivity index (χ0v) is 10.8. The number of carbonyl (C=O) groups excluding carboxylic acids is 1. The van der Waals surface area contributed by atoms with Crippen molar-refractivity contribution in [2.45, 2.75) is 33.6 Å². The van der Waals surface area contributed by atoms with Crippen LogP contribution in [0.1, 0.15) is 33.6 Å². The standard InChI is InChI=1S/C12H22N2O3/c1-4-9(2)7-13-11(17)14-6-5-12(3,8-14)10(15)16/h9H,4-8H2,1-3H3,(H,13,17)(H,15,16). The summed E-state index contributed by atoms with van der Waals surface area (Å²) in [5.41, 5.74) is -0.784. The fraction of sp³-hybridized carbons (Fsp3) is 0.833. The molecule has 1 aliphatic heterocycles. The van der Waals surface area contributed by atoms with Gasteiger partial charge in [-0.3, -0.25) is 4.79 Å². The van der Waals surface area contributed by atoms with Gasteiger partial charge < -0.3 is 15.3 Å². The Bertz CT molecular complexity index is 306. The third-order valence-electron chi connectivity index (χ3n) is 3.58. The molecule has 5 nitrogen and oxygen atoms in total. The van der Waals surface area contributed by atoms with Crippen molar-refractivity contribution in [2.75, 3.05) is 19.6 Å². The van der Waals surface area contributed by atoms with Gasteiger partial charge in [0.1, 0.15) is 0 Å². The van der Waals surface area contributed by atoms with Gasteiger partial charge in [0.15, 0.2) is 0 Å². The molecule has 17 heavy (non-hydrogen) atoms. The molecule has 0 radical (unpaired) electrons. The summed E-state index contributed by atoms with van der Waals surface area (Å²) in [6, 6.07) is -0.143. The van der Waals surface area contributed by atoms with Gasteiger partial charge in [-0.1, -0.05) is 20.3 Å². The van der Waals surface area contributed by atoms with Gasteiger partial charge in [0, 0.05) is 19.6 Å². The highest BCUT2D eigenvalue weighted by Gasteiger charge is 2.42. The van der Waals surface area contributed by atoms with Crippen LogP contribution >= 0.6 is 0 Å². The van der Waals surface area contributed by atoms with E-state index in [1.54, 1.807) is 11.8 Å². The molecule has 1 fully saturated rings. The number of carboxylic acids is 1. The first kappa shape index (κ1) is 13.8. The van der Waals surface area contributed by atoms with Gasteiger partial charge in [-0.15, -0.1) is 0 Å². The van der Waals surface area contributed by atoms with Gasteiger partial charge in [-0.05, 0) is 19.3 Å². The Morgan fingerprint density at radius 3 is 2.65 bits per heavy atom. The second kappa shape index (κ2) is 5.38. The lowest BCUT2D eigenvalue weighted by molar-refractivity contribution is -0.146. The normalized spacial score (nSPS) is 25.7. The van der Waals surface area contributed by atoms with E-state index in [0.717, 1.165) is 6.42 Å². The van der Waals surface area contributed by atoms with Crippen LogP contribution in [0.25, 0.3) is 0 Å². The van der Waals surface area contributed by atoms with Crippen molar-refractivity contribution in [1.29, 1.82) is 0 Å². The number of carbonyl (C=O) groups is 2. The summed E-state index contributed by atoms with van der Waals surface area (Å²) in [6.45, 7) is 7.32. The van der Waals surface area contributed by atoms with E-state index in [-0.39, 0.29) is 6.03 Å². The number of hydrogen-bond acceptors (Lipinski definition) is 2. The van der Waals surface area contributed by atoms with Crippen LogP contribution in [-0.4, -0.2) is 41.6 Å². The van der Waals surface area contributed by atoms with Crippen molar-refractivity contribution < 1.29 is 14.7 Å². The largest absolute Gasteiger partial charge is 0.481 e. The minimum atomic E-state index is -0.824. The SMILES string of the molecule is CCC(C)CNC(=O)N1CCC(C)(C(=O)O)C1. The van der Waals surface area contributed by atoms with Crippen LogP contribution in [0, 0.1) is 11.3 Å². The van der Waals surface area contributed by atoms with E-state index in [1.165, 1.54) is 0 Å². The maximum atomic E-state index is 11.8. The number of rotatable bonds is 4. The Kier molecular flexibility index (Phi) is 4.37. The monoisotopic (exact) mass is 242 g/mol. The first-order valence-corrected chi connectivity index (χ1v) is 6.15. The maximum Gasteiger partial charge on any atom is 0.317 e. The molecule has 98 valence electrons. The predicted molar refractivity (Wildman–Crippen MR) is 64.8 cm³/mol. The highest BCUT2D eigenvalue weighted by atomic mass is 16.4. The molecule has 0 aliphatic carbocycles. The highest BCUT2D eigenvalue weighted by molar-refractivity contribution is 5.79. The minimum absolute atomic E-state index is 0.143. The molecular formula is C12H22N2O3. The molecule has 2 unspecified atom stereocenters. The zero-order chi connectivity index (χ0) is 13.1. The molecule has 1 aliphatic rings. The van der Waals surface area contributed by atoms with Crippen LogP contribution in [0.3, 0.4) is 0 Å². The minimum Gasteiger partial charge on any atom is -0.481 e. The summed E-state index contributed by atoms with van der Waals surface area (Å²) >= 11 is 0. The number of nitrogens with one attached hydrogen (secondary N) is 1. The Morgan fingerprint density at radius 2 is 2.18 bits per heavy atom. The van der Waals surface area contributed by atoms with Crippen molar-refractivity contribution in [3.63, 3.8) is 0 Å². The van der Waals surface area contributed by atoms with Crippen molar-refractivity contribution in [1.82, 2.24) is 10.2 Å². The van der Waals surface area contributed by atoms with Gasteiger partial charge in [0.05, 0.1) is 5.41 Å². The van der Waals surface area contributed by atoms with Crippen LogP contribution in [0.4, 0.5) is 4.79 Å². The summed E-state index contributed by atoms with van der Waals surface area (Å²) in [7, 11) is 0.